The molecule has 4 N–H and O–H groups in total. The molecule has 0 heterocycles. The van der Waals surface area contributed by atoms with Crippen molar-refractivity contribution in [3.05, 3.63) is 34.9 Å². The fraction of sp³-hybridized carbons (Fsp3) is 0.375. The van der Waals surface area contributed by atoms with Crippen molar-refractivity contribution in [3.63, 3.8) is 0 Å². The van der Waals surface area contributed by atoms with Gasteiger partial charge < -0.3 is 20.7 Å². The van der Waals surface area contributed by atoms with E-state index < -0.39 is 24.9 Å². The van der Waals surface area contributed by atoms with Crippen molar-refractivity contribution in [2.24, 2.45) is 0 Å². The summed E-state index contributed by atoms with van der Waals surface area (Å²) in [7, 11) is -1.70. The minimum absolute atomic E-state index is 0.274. The monoisotopic (exact) mass is 316 g/mol. The van der Waals surface area contributed by atoms with Gasteiger partial charge in [-0.1, -0.05) is 29.7 Å². The number of carbonyl (C=O) groups excluding carboxylic acids is 2. The van der Waals surface area contributed by atoms with E-state index in [0.717, 1.165) is 16.7 Å². The van der Waals surface area contributed by atoms with E-state index in [1.807, 2.05) is 32.0 Å². The zero-order valence-electron chi connectivity index (χ0n) is 13.5. The first-order valence-corrected chi connectivity index (χ1v) is 7.25. The summed E-state index contributed by atoms with van der Waals surface area (Å²) in [5.41, 5.74) is 3.03. The molecule has 0 fully saturated rings. The van der Waals surface area contributed by atoms with Crippen LogP contribution in [0.15, 0.2) is 18.2 Å². The molecule has 0 spiro atoms. The van der Waals surface area contributed by atoms with Crippen molar-refractivity contribution < 1.29 is 19.6 Å². The Morgan fingerprint density at radius 1 is 1.30 bits per heavy atom. The Kier molecular flexibility index (Phi) is 7.32. The first kappa shape index (κ1) is 18.8. The molecule has 0 unspecified atom stereocenters. The maximum atomic E-state index is 11.8. The van der Waals surface area contributed by atoms with Crippen molar-refractivity contribution in [1.29, 1.82) is 0 Å². The number of amides is 2. The first-order valence-electron chi connectivity index (χ1n) is 7.25. The molecule has 0 aliphatic rings. The van der Waals surface area contributed by atoms with E-state index in [9.17, 15) is 19.6 Å². The van der Waals surface area contributed by atoms with Crippen LogP contribution in [0.1, 0.15) is 23.6 Å². The van der Waals surface area contributed by atoms with Gasteiger partial charge in [-0.05, 0) is 44.2 Å². The number of nitrogens with one attached hydrogen (secondary N) is 2. The molecule has 1 aromatic carbocycles. The molecular formula is C16H21BN2O4. The molecule has 1 rings (SSSR count). The standard InChI is InChI=1S/C16H21BN2O4/c1-4-5-15(20)18-10-16(21)19-14(17(22)23)9-13-7-6-11(2)8-12(13)3/h6-8,14,22-23H,9-10H2,1-3H3,(H,18,20)(H,19,21)/t14-/m0/s1. The molecular weight excluding hydrogens is 295 g/mol. The van der Waals surface area contributed by atoms with Crippen molar-refractivity contribution in [2.45, 2.75) is 33.1 Å². The Morgan fingerprint density at radius 3 is 2.57 bits per heavy atom. The highest BCUT2D eigenvalue weighted by Gasteiger charge is 2.26. The van der Waals surface area contributed by atoms with Crippen LogP contribution in [0.5, 0.6) is 0 Å². The lowest BCUT2D eigenvalue weighted by atomic mass is 9.75. The van der Waals surface area contributed by atoms with Gasteiger partial charge in [0, 0.05) is 0 Å². The smallest absolute Gasteiger partial charge is 0.426 e. The first-order chi connectivity index (χ1) is 10.8. The van der Waals surface area contributed by atoms with Crippen LogP contribution in [0.2, 0.25) is 0 Å². The molecule has 0 aliphatic heterocycles. The van der Waals surface area contributed by atoms with Crippen LogP contribution < -0.4 is 10.6 Å². The predicted octanol–water partition coefficient (Wildman–Crippen LogP) is -0.518. The van der Waals surface area contributed by atoms with Gasteiger partial charge in [-0.25, -0.2) is 0 Å². The maximum absolute atomic E-state index is 11.8. The third-order valence-electron chi connectivity index (χ3n) is 3.29. The lowest BCUT2D eigenvalue weighted by Crippen LogP contribution is -2.50. The number of hydrogen-bond acceptors (Lipinski definition) is 4. The Bertz CT molecular complexity index is 635. The zero-order chi connectivity index (χ0) is 17.4. The number of carbonyl (C=O) groups is 2. The van der Waals surface area contributed by atoms with Gasteiger partial charge >= 0.3 is 7.12 Å². The lowest BCUT2D eigenvalue weighted by Gasteiger charge is -2.19. The molecule has 0 saturated heterocycles. The van der Waals surface area contributed by atoms with E-state index in [4.69, 9.17) is 0 Å². The largest absolute Gasteiger partial charge is 0.475 e. The average Bonchev–Trinajstić information content (AvgIpc) is 2.47. The fourth-order valence-corrected chi connectivity index (χ4v) is 2.12. The molecule has 2 amide bonds. The van der Waals surface area contributed by atoms with Gasteiger partial charge in [0.25, 0.3) is 5.91 Å². The van der Waals surface area contributed by atoms with E-state index >= 15 is 0 Å². The Labute approximate surface area is 136 Å². The number of benzene rings is 1. The molecule has 1 atom stereocenters. The van der Waals surface area contributed by atoms with Gasteiger partial charge in [0.15, 0.2) is 0 Å². The summed E-state index contributed by atoms with van der Waals surface area (Å²) in [6.45, 7) is 5.14. The van der Waals surface area contributed by atoms with Gasteiger partial charge in [-0.3, -0.25) is 9.59 Å². The third-order valence-corrected chi connectivity index (χ3v) is 3.29. The minimum Gasteiger partial charge on any atom is -0.426 e. The summed E-state index contributed by atoms with van der Waals surface area (Å²) < 4.78 is 0. The van der Waals surface area contributed by atoms with Gasteiger partial charge in [-0.2, -0.15) is 0 Å². The van der Waals surface area contributed by atoms with Gasteiger partial charge in [-0.15, -0.1) is 0 Å². The highest BCUT2D eigenvalue weighted by Crippen LogP contribution is 2.13. The number of rotatable bonds is 6. The molecule has 0 saturated carbocycles. The fourth-order valence-electron chi connectivity index (χ4n) is 2.12. The van der Waals surface area contributed by atoms with Crippen LogP contribution in [0.4, 0.5) is 0 Å². The second-order valence-electron chi connectivity index (χ2n) is 5.28. The van der Waals surface area contributed by atoms with Crippen LogP contribution >= 0.6 is 0 Å². The highest BCUT2D eigenvalue weighted by molar-refractivity contribution is 6.43. The summed E-state index contributed by atoms with van der Waals surface area (Å²) in [6, 6.07) is 5.81. The van der Waals surface area contributed by atoms with Gasteiger partial charge in [0.1, 0.15) is 0 Å². The van der Waals surface area contributed by atoms with Crippen molar-refractivity contribution in [3.8, 4) is 11.8 Å². The maximum Gasteiger partial charge on any atom is 0.475 e. The highest BCUT2D eigenvalue weighted by atomic mass is 16.4. The minimum atomic E-state index is -1.70. The van der Waals surface area contributed by atoms with E-state index in [2.05, 4.69) is 22.5 Å². The van der Waals surface area contributed by atoms with Crippen LogP contribution in [0.25, 0.3) is 0 Å². The molecule has 7 heteroatoms. The lowest BCUT2D eigenvalue weighted by molar-refractivity contribution is -0.123. The van der Waals surface area contributed by atoms with Gasteiger partial charge in [0.05, 0.1) is 12.5 Å². The van der Waals surface area contributed by atoms with Crippen molar-refractivity contribution >= 4 is 18.9 Å². The molecule has 0 aliphatic carbocycles. The molecule has 0 aromatic heterocycles. The molecule has 6 nitrogen and oxygen atoms in total. The molecule has 1 aromatic rings. The van der Waals surface area contributed by atoms with Gasteiger partial charge in [0.2, 0.25) is 5.91 Å². The normalized spacial score (nSPS) is 11.0. The van der Waals surface area contributed by atoms with E-state index in [1.54, 1.807) is 0 Å². The van der Waals surface area contributed by atoms with Crippen LogP contribution in [0, 0.1) is 25.7 Å². The average molecular weight is 316 g/mol. The molecule has 122 valence electrons. The van der Waals surface area contributed by atoms with E-state index in [1.165, 1.54) is 6.92 Å². The SMILES string of the molecule is CC#CC(=O)NCC(=O)N[C@@H](Cc1ccc(C)cc1C)B(O)O. The quantitative estimate of drug-likeness (QED) is 0.419. The van der Waals surface area contributed by atoms with Crippen molar-refractivity contribution in [2.75, 3.05) is 6.54 Å². The topological polar surface area (TPSA) is 98.7 Å². The molecule has 0 bridgehead atoms. The zero-order valence-corrected chi connectivity index (χ0v) is 13.5. The van der Waals surface area contributed by atoms with Crippen LogP contribution in [-0.2, 0) is 16.0 Å². The summed E-state index contributed by atoms with van der Waals surface area (Å²) in [5.74, 6) is 2.74. The van der Waals surface area contributed by atoms with Crippen LogP contribution in [0.3, 0.4) is 0 Å². The summed E-state index contributed by atoms with van der Waals surface area (Å²) in [5, 5.41) is 23.7. The Balaban J connectivity index is 2.66. The van der Waals surface area contributed by atoms with E-state index in [0.29, 0.717) is 0 Å². The van der Waals surface area contributed by atoms with Crippen LogP contribution in [-0.4, -0.2) is 41.5 Å². The Hall–Kier alpha value is -2.30. The molecule has 0 radical (unpaired) electrons. The number of aryl methyl sites for hydroxylation is 2. The van der Waals surface area contributed by atoms with Crippen molar-refractivity contribution in [1.82, 2.24) is 10.6 Å². The second kappa shape index (κ2) is 8.98. The van der Waals surface area contributed by atoms with E-state index in [-0.39, 0.29) is 13.0 Å². The summed E-state index contributed by atoms with van der Waals surface area (Å²) in [4.78, 5) is 23.0. The third kappa shape index (κ3) is 6.55. The molecule has 23 heavy (non-hydrogen) atoms. The second-order valence-corrected chi connectivity index (χ2v) is 5.28. The summed E-state index contributed by atoms with van der Waals surface area (Å²) in [6.07, 6.45) is 0.276. The predicted molar refractivity (Wildman–Crippen MR) is 88.2 cm³/mol. The Morgan fingerprint density at radius 2 is 2.00 bits per heavy atom. The summed E-state index contributed by atoms with van der Waals surface area (Å²) >= 11 is 0. The number of hydrogen-bond donors (Lipinski definition) is 4.